The van der Waals surface area contributed by atoms with Crippen molar-refractivity contribution in [3.8, 4) is 11.3 Å². The highest BCUT2D eigenvalue weighted by Gasteiger charge is 2.26. The predicted molar refractivity (Wildman–Crippen MR) is 139 cm³/mol. The molecule has 0 bridgehead atoms. The summed E-state index contributed by atoms with van der Waals surface area (Å²) in [5.74, 6) is 1.33. The molecule has 2 amide bonds. The fraction of sp³-hybridized carbons (Fsp3) is 0.172. The van der Waals surface area contributed by atoms with Gasteiger partial charge in [-0.25, -0.2) is 0 Å². The van der Waals surface area contributed by atoms with Crippen molar-refractivity contribution >= 4 is 29.1 Å². The van der Waals surface area contributed by atoms with Crippen molar-refractivity contribution in [2.24, 2.45) is 0 Å². The lowest BCUT2D eigenvalue weighted by Crippen LogP contribution is -2.35. The lowest BCUT2D eigenvalue weighted by atomic mass is 10.1. The van der Waals surface area contributed by atoms with Crippen LogP contribution in [0, 0.1) is 0 Å². The highest BCUT2D eigenvalue weighted by molar-refractivity contribution is 6.33. The Labute approximate surface area is 214 Å². The average molecular weight is 501 g/mol. The highest BCUT2D eigenvalue weighted by atomic mass is 35.5. The number of rotatable bonds is 7. The molecule has 7 heteroatoms. The maximum Gasteiger partial charge on any atom is 0.255 e. The number of ether oxygens (including phenoxy) is 1. The van der Waals surface area contributed by atoms with Gasteiger partial charge in [0.15, 0.2) is 0 Å². The summed E-state index contributed by atoms with van der Waals surface area (Å²) in [4.78, 5) is 26.9. The summed E-state index contributed by atoms with van der Waals surface area (Å²) in [5.41, 5.74) is 4.10. The van der Waals surface area contributed by atoms with Crippen LogP contribution < -0.4 is 5.32 Å². The molecule has 5 rings (SSSR count). The maximum atomic E-state index is 12.9. The van der Waals surface area contributed by atoms with Crippen LogP contribution in [-0.4, -0.2) is 29.9 Å². The first-order valence-corrected chi connectivity index (χ1v) is 12.1. The fourth-order valence-electron chi connectivity index (χ4n) is 4.20. The van der Waals surface area contributed by atoms with Gasteiger partial charge < -0.3 is 19.4 Å². The molecule has 0 atom stereocenters. The average Bonchev–Trinajstić information content (AvgIpc) is 3.33. The number of furan rings is 1. The standard InChI is InChI=1S/C29H25ClN2O4/c30-25-9-5-4-8-24(25)29(34)32-15-14-26-22(17-32)16-27(36-26)21-10-12-23(13-11-21)31-28(33)19-35-18-20-6-2-1-3-7-20/h1-13,16H,14-15,17-19H2,(H,31,33). The van der Waals surface area contributed by atoms with Crippen molar-refractivity contribution < 1.29 is 18.7 Å². The van der Waals surface area contributed by atoms with Gasteiger partial charge in [0.2, 0.25) is 5.91 Å². The second-order valence-corrected chi connectivity index (χ2v) is 9.03. The first-order chi connectivity index (χ1) is 17.6. The molecule has 6 nitrogen and oxygen atoms in total. The van der Waals surface area contributed by atoms with Crippen molar-refractivity contribution in [1.29, 1.82) is 0 Å². The van der Waals surface area contributed by atoms with Crippen molar-refractivity contribution in [2.75, 3.05) is 18.5 Å². The van der Waals surface area contributed by atoms with Gasteiger partial charge in [0.05, 0.1) is 17.2 Å². The maximum absolute atomic E-state index is 12.9. The summed E-state index contributed by atoms with van der Waals surface area (Å²) in [6.45, 7) is 1.41. The summed E-state index contributed by atoms with van der Waals surface area (Å²) in [6, 6.07) is 26.3. The number of halogens is 1. The number of nitrogens with zero attached hydrogens (tertiary/aromatic N) is 1. The van der Waals surface area contributed by atoms with E-state index < -0.39 is 0 Å². The third kappa shape index (κ3) is 5.51. The molecule has 0 saturated carbocycles. The lowest BCUT2D eigenvalue weighted by molar-refractivity contribution is -0.121. The number of benzene rings is 3. The van der Waals surface area contributed by atoms with Crippen molar-refractivity contribution in [2.45, 2.75) is 19.6 Å². The molecule has 1 aliphatic rings. The van der Waals surface area contributed by atoms with E-state index in [9.17, 15) is 9.59 Å². The van der Waals surface area contributed by atoms with Crippen LogP contribution in [0.4, 0.5) is 5.69 Å². The van der Waals surface area contributed by atoms with E-state index in [4.69, 9.17) is 20.8 Å². The minimum absolute atomic E-state index is 0.0229. The number of hydrogen-bond acceptors (Lipinski definition) is 4. The van der Waals surface area contributed by atoms with Gasteiger partial charge in [0.25, 0.3) is 5.91 Å². The molecule has 1 N–H and O–H groups in total. The zero-order chi connectivity index (χ0) is 24.9. The summed E-state index contributed by atoms with van der Waals surface area (Å²) in [5, 5.41) is 3.30. The van der Waals surface area contributed by atoms with Crippen LogP contribution in [-0.2, 0) is 29.1 Å². The molecule has 4 aromatic rings. The quantitative estimate of drug-likeness (QED) is 0.340. The van der Waals surface area contributed by atoms with Gasteiger partial charge in [-0.2, -0.15) is 0 Å². The zero-order valence-corrected chi connectivity index (χ0v) is 20.3. The monoisotopic (exact) mass is 500 g/mol. The van der Waals surface area contributed by atoms with Gasteiger partial charge in [-0.15, -0.1) is 0 Å². The number of amides is 2. The van der Waals surface area contributed by atoms with E-state index in [1.54, 1.807) is 17.0 Å². The van der Waals surface area contributed by atoms with Crippen molar-refractivity contribution in [3.63, 3.8) is 0 Å². The van der Waals surface area contributed by atoms with E-state index in [-0.39, 0.29) is 18.4 Å². The van der Waals surface area contributed by atoms with Crippen LogP contribution in [0.1, 0.15) is 27.2 Å². The van der Waals surface area contributed by atoms with E-state index in [0.717, 1.165) is 28.2 Å². The Morgan fingerprint density at radius 3 is 2.50 bits per heavy atom. The molecule has 1 aromatic heterocycles. The molecule has 1 aliphatic heterocycles. The number of anilines is 1. The number of carbonyl (C=O) groups excluding carboxylic acids is 2. The molecule has 0 aliphatic carbocycles. The summed E-state index contributed by atoms with van der Waals surface area (Å²) in [7, 11) is 0. The van der Waals surface area contributed by atoms with Gasteiger partial charge in [-0.3, -0.25) is 9.59 Å². The van der Waals surface area contributed by atoms with Crippen LogP contribution >= 0.6 is 11.6 Å². The van der Waals surface area contributed by atoms with E-state index in [1.807, 2.05) is 72.8 Å². The van der Waals surface area contributed by atoms with Crippen molar-refractivity contribution in [3.05, 3.63) is 112 Å². The topological polar surface area (TPSA) is 71.8 Å². The molecule has 0 unspecified atom stereocenters. The summed E-state index contributed by atoms with van der Waals surface area (Å²) < 4.78 is 11.6. The molecule has 0 fully saturated rings. The number of fused-ring (bicyclic) bond motifs is 1. The SMILES string of the molecule is O=C(COCc1ccccc1)Nc1ccc(-c2cc3c(o2)CCN(C(=O)c2ccccc2Cl)C3)cc1. The first-order valence-electron chi connectivity index (χ1n) is 11.7. The van der Waals surface area contributed by atoms with E-state index in [2.05, 4.69) is 5.32 Å². The van der Waals surface area contributed by atoms with Gasteiger partial charge in [-0.1, -0.05) is 54.1 Å². The summed E-state index contributed by atoms with van der Waals surface area (Å²) in [6.07, 6.45) is 0.642. The number of carbonyl (C=O) groups is 2. The first kappa shape index (κ1) is 23.9. The lowest BCUT2D eigenvalue weighted by Gasteiger charge is -2.26. The Balaban J connectivity index is 1.18. The Morgan fingerprint density at radius 1 is 0.972 bits per heavy atom. The normalized spacial score (nSPS) is 12.8. The van der Waals surface area contributed by atoms with Gasteiger partial charge in [0, 0.05) is 36.3 Å². The second kappa shape index (κ2) is 10.8. The molecule has 182 valence electrons. The molecule has 36 heavy (non-hydrogen) atoms. The third-order valence-electron chi connectivity index (χ3n) is 6.06. The molecular formula is C29H25ClN2O4. The Morgan fingerprint density at radius 2 is 1.72 bits per heavy atom. The van der Waals surface area contributed by atoms with Crippen LogP contribution in [0.15, 0.2) is 89.3 Å². The van der Waals surface area contributed by atoms with E-state index in [0.29, 0.717) is 42.4 Å². The number of nitrogens with one attached hydrogen (secondary N) is 1. The van der Waals surface area contributed by atoms with Crippen LogP contribution in [0.2, 0.25) is 5.02 Å². The second-order valence-electron chi connectivity index (χ2n) is 8.62. The molecule has 0 spiro atoms. The summed E-state index contributed by atoms with van der Waals surface area (Å²) >= 11 is 6.22. The predicted octanol–water partition coefficient (Wildman–Crippen LogP) is 5.95. The molecule has 2 heterocycles. The minimum atomic E-state index is -0.213. The van der Waals surface area contributed by atoms with Crippen LogP contribution in [0.5, 0.6) is 0 Å². The molecular weight excluding hydrogens is 476 g/mol. The smallest absolute Gasteiger partial charge is 0.255 e. The molecule has 0 saturated heterocycles. The van der Waals surface area contributed by atoms with E-state index in [1.165, 1.54) is 0 Å². The number of hydrogen-bond donors (Lipinski definition) is 1. The highest BCUT2D eigenvalue weighted by Crippen LogP contribution is 2.31. The zero-order valence-electron chi connectivity index (χ0n) is 19.6. The third-order valence-corrected chi connectivity index (χ3v) is 6.39. The Hall–Kier alpha value is -3.87. The minimum Gasteiger partial charge on any atom is -0.461 e. The van der Waals surface area contributed by atoms with Crippen LogP contribution in [0.3, 0.4) is 0 Å². The molecule has 0 radical (unpaired) electrons. The van der Waals surface area contributed by atoms with Gasteiger partial charge >= 0.3 is 0 Å². The Kier molecular flexibility index (Phi) is 7.16. The van der Waals surface area contributed by atoms with E-state index >= 15 is 0 Å². The largest absolute Gasteiger partial charge is 0.461 e. The fourth-order valence-corrected chi connectivity index (χ4v) is 4.42. The molecule has 3 aromatic carbocycles. The van der Waals surface area contributed by atoms with Gasteiger partial charge in [0.1, 0.15) is 18.1 Å². The van der Waals surface area contributed by atoms with Gasteiger partial charge in [-0.05, 0) is 48.0 Å². The van der Waals surface area contributed by atoms with Crippen molar-refractivity contribution in [1.82, 2.24) is 4.90 Å². The Bertz CT molecular complexity index is 1370. The van der Waals surface area contributed by atoms with Crippen LogP contribution in [0.25, 0.3) is 11.3 Å².